The SMILES string of the molecule is CC(NCC(C)(O)CO)c1ccc(Cl)c(F)c1. The molecule has 3 nitrogen and oxygen atoms in total. The van der Waals surface area contributed by atoms with E-state index in [1.165, 1.54) is 19.1 Å². The van der Waals surface area contributed by atoms with Gasteiger partial charge in [0, 0.05) is 12.6 Å². The van der Waals surface area contributed by atoms with Crippen molar-refractivity contribution in [3.05, 3.63) is 34.6 Å². The average molecular weight is 262 g/mol. The van der Waals surface area contributed by atoms with Crippen LogP contribution in [0.25, 0.3) is 0 Å². The zero-order valence-corrected chi connectivity index (χ0v) is 10.6. The highest BCUT2D eigenvalue weighted by molar-refractivity contribution is 6.30. The van der Waals surface area contributed by atoms with E-state index in [0.29, 0.717) is 0 Å². The first-order valence-corrected chi connectivity index (χ1v) is 5.75. The van der Waals surface area contributed by atoms with Gasteiger partial charge in [0.25, 0.3) is 0 Å². The number of rotatable bonds is 5. The number of aliphatic hydroxyl groups excluding tert-OH is 1. The monoisotopic (exact) mass is 261 g/mol. The molecule has 17 heavy (non-hydrogen) atoms. The van der Waals surface area contributed by atoms with Crippen LogP contribution in [0.4, 0.5) is 4.39 Å². The van der Waals surface area contributed by atoms with Gasteiger partial charge in [-0.1, -0.05) is 17.7 Å². The van der Waals surface area contributed by atoms with Crippen LogP contribution in [0.5, 0.6) is 0 Å². The normalized spacial score (nSPS) is 16.6. The maximum Gasteiger partial charge on any atom is 0.142 e. The quantitative estimate of drug-likeness (QED) is 0.759. The zero-order valence-electron chi connectivity index (χ0n) is 9.87. The largest absolute Gasteiger partial charge is 0.393 e. The molecule has 0 aliphatic heterocycles. The maximum atomic E-state index is 13.2. The first kappa shape index (κ1) is 14.4. The summed E-state index contributed by atoms with van der Waals surface area (Å²) < 4.78 is 13.2. The van der Waals surface area contributed by atoms with Crippen molar-refractivity contribution in [2.45, 2.75) is 25.5 Å². The van der Waals surface area contributed by atoms with Gasteiger partial charge >= 0.3 is 0 Å². The number of aliphatic hydroxyl groups is 2. The molecule has 96 valence electrons. The summed E-state index contributed by atoms with van der Waals surface area (Å²) in [6.45, 7) is 3.25. The van der Waals surface area contributed by atoms with Crippen LogP contribution in [0.1, 0.15) is 25.5 Å². The van der Waals surface area contributed by atoms with Crippen molar-refractivity contribution in [1.29, 1.82) is 0 Å². The Morgan fingerprint density at radius 2 is 2.18 bits per heavy atom. The minimum atomic E-state index is -1.18. The fourth-order valence-electron chi connectivity index (χ4n) is 1.33. The Bertz CT molecular complexity index is 385. The van der Waals surface area contributed by atoms with Crippen LogP contribution >= 0.6 is 11.6 Å². The van der Waals surface area contributed by atoms with Gasteiger partial charge in [0.2, 0.25) is 0 Å². The number of hydrogen-bond acceptors (Lipinski definition) is 3. The Morgan fingerprint density at radius 3 is 2.71 bits per heavy atom. The molecule has 0 bridgehead atoms. The Labute approximate surface area is 105 Å². The molecule has 0 spiro atoms. The van der Waals surface area contributed by atoms with Gasteiger partial charge in [-0.3, -0.25) is 0 Å². The molecule has 0 saturated heterocycles. The van der Waals surface area contributed by atoms with Crippen LogP contribution in [-0.2, 0) is 0 Å². The van der Waals surface area contributed by atoms with Gasteiger partial charge < -0.3 is 15.5 Å². The lowest BCUT2D eigenvalue weighted by Crippen LogP contribution is -2.41. The van der Waals surface area contributed by atoms with E-state index in [1.54, 1.807) is 6.07 Å². The van der Waals surface area contributed by atoms with Crippen LogP contribution in [0.15, 0.2) is 18.2 Å². The molecule has 2 unspecified atom stereocenters. The van der Waals surface area contributed by atoms with E-state index in [1.807, 2.05) is 6.92 Å². The van der Waals surface area contributed by atoms with Gasteiger partial charge in [0.1, 0.15) is 5.82 Å². The van der Waals surface area contributed by atoms with Crippen molar-refractivity contribution in [2.75, 3.05) is 13.2 Å². The molecule has 0 aromatic heterocycles. The molecule has 0 heterocycles. The highest BCUT2D eigenvalue weighted by Gasteiger charge is 2.20. The van der Waals surface area contributed by atoms with Gasteiger partial charge in [0.15, 0.2) is 0 Å². The van der Waals surface area contributed by atoms with E-state index in [4.69, 9.17) is 16.7 Å². The summed E-state index contributed by atoms with van der Waals surface area (Å²) >= 11 is 5.59. The third-order valence-electron chi connectivity index (χ3n) is 2.57. The van der Waals surface area contributed by atoms with Gasteiger partial charge in [-0.15, -0.1) is 0 Å². The van der Waals surface area contributed by atoms with Gasteiger partial charge in [-0.05, 0) is 31.5 Å². The van der Waals surface area contributed by atoms with Gasteiger partial charge in [-0.25, -0.2) is 4.39 Å². The molecule has 0 aliphatic rings. The Kier molecular flexibility index (Phi) is 4.89. The second kappa shape index (κ2) is 5.78. The first-order valence-electron chi connectivity index (χ1n) is 5.37. The molecule has 3 N–H and O–H groups in total. The predicted octanol–water partition coefficient (Wildman–Crippen LogP) is 1.87. The highest BCUT2D eigenvalue weighted by Crippen LogP contribution is 2.20. The Hall–Kier alpha value is -0.680. The molecule has 1 aromatic carbocycles. The van der Waals surface area contributed by atoms with Crippen molar-refractivity contribution in [2.24, 2.45) is 0 Å². The molecule has 2 atom stereocenters. The lowest BCUT2D eigenvalue weighted by Gasteiger charge is -2.24. The lowest BCUT2D eigenvalue weighted by molar-refractivity contribution is 0.00105. The summed E-state index contributed by atoms with van der Waals surface area (Å²) in [5.41, 5.74) is -0.445. The minimum Gasteiger partial charge on any atom is -0.393 e. The van der Waals surface area contributed by atoms with Crippen molar-refractivity contribution >= 4 is 11.6 Å². The fraction of sp³-hybridized carbons (Fsp3) is 0.500. The molecule has 5 heteroatoms. The van der Waals surface area contributed by atoms with Crippen LogP contribution < -0.4 is 5.32 Å². The van der Waals surface area contributed by atoms with Gasteiger partial charge in [0.05, 0.1) is 17.2 Å². The van der Waals surface area contributed by atoms with Crippen molar-refractivity contribution < 1.29 is 14.6 Å². The molecule has 1 aromatic rings. The second-order valence-corrected chi connectivity index (χ2v) is 4.84. The smallest absolute Gasteiger partial charge is 0.142 e. The van der Waals surface area contributed by atoms with Crippen molar-refractivity contribution in [3.63, 3.8) is 0 Å². The summed E-state index contributed by atoms with van der Waals surface area (Å²) in [6.07, 6.45) is 0. The summed E-state index contributed by atoms with van der Waals surface area (Å²) in [6, 6.07) is 4.43. The van der Waals surface area contributed by atoms with Crippen LogP contribution in [-0.4, -0.2) is 29.0 Å². The Morgan fingerprint density at radius 1 is 1.53 bits per heavy atom. The van der Waals surface area contributed by atoms with Crippen LogP contribution in [0, 0.1) is 5.82 Å². The Balaban J connectivity index is 2.64. The van der Waals surface area contributed by atoms with Crippen molar-refractivity contribution in [3.8, 4) is 0 Å². The summed E-state index contributed by atoms with van der Waals surface area (Å²) in [4.78, 5) is 0. The number of benzene rings is 1. The number of hydrogen-bond donors (Lipinski definition) is 3. The highest BCUT2D eigenvalue weighted by atomic mass is 35.5. The average Bonchev–Trinajstić information content (AvgIpc) is 2.30. The van der Waals surface area contributed by atoms with Crippen LogP contribution in [0.3, 0.4) is 0 Å². The topological polar surface area (TPSA) is 52.5 Å². The minimum absolute atomic E-state index is 0.0864. The number of halogens is 2. The standard InChI is InChI=1S/C12H17ClFNO2/c1-8(15-6-12(2,17)7-16)9-3-4-10(13)11(14)5-9/h3-5,8,15-17H,6-7H2,1-2H3. The zero-order chi connectivity index (χ0) is 13.1. The summed E-state index contributed by atoms with van der Waals surface area (Å²) in [5.74, 6) is -0.466. The number of nitrogens with one attached hydrogen (secondary N) is 1. The van der Waals surface area contributed by atoms with E-state index >= 15 is 0 Å². The second-order valence-electron chi connectivity index (χ2n) is 4.43. The summed E-state index contributed by atoms with van der Waals surface area (Å²) in [5, 5.41) is 21.6. The third-order valence-corrected chi connectivity index (χ3v) is 2.88. The summed E-state index contributed by atoms with van der Waals surface area (Å²) in [7, 11) is 0. The molecular formula is C12H17ClFNO2. The van der Waals surface area contributed by atoms with E-state index < -0.39 is 11.4 Å². The first-order chi connectivity index (χ1) is 7.85. The third kappa shape index (κ3) is 4.24. The van der Waals surface area contributed by atoms with E-state index in [-0.39, 0.29) is 24.2 Å². The maximum absolute atomic E-state index is 13.2. The van der Waals surface area contributed by atoms with E-state index in [0.717, 1.165) is 5.56 Å². The molecule has 0 radical (unpaired) electrons. The molecular weight excluding hydrogens is 245 g/mol. The molecule has 0 amide bonds. The van der Waals surface area contributed by atoms with E-state index in [9.17, 15) is 9.50 Å². The van der Waals surface area contributed by atoms with Crippen LogP contribution in [0.2, 0.25) is 5.02 Å². The predicted molar refractivity (Wildman–Crippen MR) is 65.5 cm³/mol. The lowest BCUT2D eigenvalue weighted by atomic mass is 10.1. The van der Waals surface area contributed by atoms with E-state index in [2.05, 4.69) is 5.32 Å². The molecule has 0 fully saturated rings. The molecule has 0 aliphatic carbocycles. The molecule has 1 rings (SSSR count). The van der Waals surface area contributed by atoms with Crippen molar-refractivity contribution in [1.82, 2.24) is 5.32 Å². The van der Waals surface area contributed by atoms with Gasteiger partial charge in [-0.2, -0.15) is 0 Å². The molecule has 0 saturated carbocycles. The fourth-order valence-corrected chi connectivity index (χ4v) is 1.45.